The molecule has 4 aromatic carbocycles. The maximum absolute atomic E-state index is 15.0. The summed E-state index contributed by atoms with van der Waals surface area (Å²) in [5, 5.41) is 10.5. The summed E-state index contributed by atoms with van der Waals surface area (Å²) in [5.41, 5.74) is 4.33. The van der Waals surface area contributed by atoms with E-state index < -0.39 is 15.8 Å². The van der Waals surface area contributed by atoms with Crippen LogP contribution in [0.3, 0.4) is 0 Å². The number of hydrogen-bond acceptors (Lipinski definition) is 5. The molecule has 0 atom stereocenters. The minimum absolute atomic E-state index is 0.0775. The van der Waals surface area contributed by atoms with Gasteiger partial charge in [-0.1, -0.05) is 84.9 Å². The minimum Gasteiger partial charge on any atom is -0.494 e. The summed E-state index contributed by atoms with van der Waals surface area (Å²) in [4.78, 5) is -0.0775. The van der Waals surface area contributed by atoms with Crippen LogP contribution in [0.2, 0.25) is 0 Å². The Hall–Kier alpha value is -4.31. The van der Waals surface area contributed by atoms with Gasteiger partial charge in [0.05, 0.1) is 37.5 Å². The average Bonchev–Trinajstić information content (AvgIpc) is 3.31. The van der Waals surface area contributed by atoms with E-state index in [1.807, 2.05) is 60.7 Å². The first-order valence-corrected chi connectivity index (χ1v) is 14.1. The number of rotatable bonds is 10. The third-order valence-corrected chi connectivity index (χ3v) is 7.44. The van der Waals surface area contributed by atoms with Crippen molar-refractivity contribution in [3.63, 3.8) is 0 Å². The van der Waals surface area contributed by atoms with Gasteiger partial charge in [0.1, 0.15) is 5.69 Å². The average molecular weight is 558 g/mol. The fourth-order valence-electron chi connectivity index (χ4n) is 4.59. The molecule has 40 heavy (non-hydrogen) atoms. The van der Waals surface area contributed by atoms with Crippen molar-refractivity contribution in [3.8, 4) is 28.1 Å². The van der Waals surface area contributed by atoms with E-state index in [9.17, 15) is 12.8 Å². The minimum atomic E-state index is -4.09. The van der Waals surface area contributed by atoms with Gasteiger partial charge in [-0.15, -0.1) is 0 Å². The number of ether oxygens (including phenoxy) is 2. The molecule has 0 saturated carbocycles. The fourth-order valence-corrected chi connectivity index (χ4v) is 5.33. The highest BCUT2D eigenvalue weighted by atomic mass is 32.2. The summed E-state index contributed by atoms with van der Waals surface area (Å²) < 4.78 is 53.2. The van der Waals surface area contributed by atoms with E-state index in [2.05, 4.69) is 0 Å². The Morgan fingerprint density at radius 2 is 1.50 bits per heavy atom. The van der Waals surface area contributed by atoms with Crippen molar-refractivity contribution in [1.29, 1.82) is 0 Å². The van der Waals surface area contributed by atoms with Gasteiger partial charge in [0.25, 0.3) is 0 Å². The molecule has 0 aliphatic heterocycles. The van der Waals surface area contributed by atoms with Crippen molar-refractivity contribution in [3.05, 3.63) is 126 Å². The summed E-state index contributed by atoms with van der Waals surface area (Å²) >= 11 is 0. The molecule has 0 saturated heterocycles. The largest absolute Gasteiger partial charge is 0.494 e. The van der Waals surface area contributed by atoms with Crippen molar-refractivity contribution >= 4 is 10.0 Å². The number of hydrogen-bond donors (Lipinski definition) is 1. The van der Waals surface area contributed by atoms with Crippen LogP contribution in [0.15, 0.2) is 108 Å². The lowest BCUT2D eigenvalue weighted by Gasteiger charge is -2.13. The fraction of sp³-hybridized carbons (Fsp3) is 0.129. The Morgan fingerprint density at radius 1 is 0.850 bits per heavy atom. The van der Waals surface area contributed by atoms with Gasteiger partial charge in [-0.05, 0) is 34.9 Å². The summed E-state index contributed by atoms with van der Waals surface area (Å²) in [7, 11) is -2.69. The third kappa shape index (κ3) is 5.96. The van der Waals surface area contributed by atoms with E-state index in [4.69, 9.17) is 19.7 Å². The zero-order chi connectivity index (χ0) is 28.1. The van der Waals surface area contributed by atoms with Gasteiger partial charge < -0.3 is 9.47 Å². The molecule has 1 aromatic heterocycles. The van der Waals surface area contributed by atoms with Gasteiger partial charge in [0.2, 0.25) is 10.0 Å². The first-order valence-electron chi connectivity index (χ1n) is 12.6. The Balaban J connectivity index is 1.71. The van der Waals surface area contributed by atoms with Crippen LogP contribution in [-0.4, -0.2) is 25.3 Å². The van der Waals surface area contributed by atoms with Crippen LogP contribution in [0.5, 0.6) is 5.75 Å². The van der Waals surface area contributed by atoms with Crippen LogP contribution in [0.4, 0.5) is 4.39 Å². The molecular formula is C31H28FN3O4S. The normalized spacial score (nSPS) is 11.5. The molecule has 0 bridgehead atoms. The van der Waals surface area contributed by atoms with E-state index in [0.717, 1.165) is 11.1 Å². The monoisotopic (exact) mass is 557 g/mol. The molecule has 0 radical (unpaired) electrons. The lowest BCUT2D eigenvalue weighted by molar-refractivity contribution is 0.102. The molecule has 9 heteroatoms. The number of sulfonamides is 1. The highest BCUT2D eigenvalue weighted by Crippen LogP contribution is 2.39. The molecule has 0 amide bonds. The SMILES string of the molecule is COc1ccc(-c2c(-c3ccccc3S(N)(=O)=O)nn(Cc3ccccc3)c2COCc2ccccc2)cc1F. The molecule has 2 N–H and O–H groups in total. The van der Waals surface area contributed by atoms with E-state index in [0.29, 0.717) is 41.2 Å². The van der Waals surface area contributed by atoms with Crippen molar-refractivity contribution in [2.24, 2.45) is 5.14 Å². The molecular weight excluding hydrogens is 529 g/mol. The number of aromatic nitrogens is 2. The van der Waals surface area contributed by atoms with Crippen LogP contribution in [-0.2, 0) is 34.5 Å². The molecule has 1 heterocycles. The third-order valence-electron chi connectivity index (χ3n) is 6.47. The number of benzene rings is 4. The van der Waals surface area contributed by atoms with Crippen molar-refractivity contribution in [1.82, 2.24) is 9.78 Å². The molecule has 0 spiro atoms. The first-order chi connectivity index (χ1) is 19.3. The van der Waals surface area contributed by atoms with E-state index in [1.165, 1.54) is 25.3 Å². The molecule has 7 nitrogen and oxygen atoms in total. The van der Waals surface area contributed by atoms with Gasteiger partial charge in [-0.25, -0.2) is 17.9 Å². The van der Waals surface area contributed by atoms with Gasteiger partial charge >= 0.3 is 0 Å². The summed E-state index contributed by atoms with van der Waals surface area (Å²) in [6.07, 6.45) is 0. The Labute approximate surface area is 232 Å². The zero-order valence-corrected chi connectivity index (χ0v) is 22.6. The Kier molecular flexibility index (Phi) is 8.06. The van der Waals surface area contributed by atoms with Gasteiger partial charge in [0.15, 0.2) is 11.6 Å². The second-order valence-corrected chi connectivity index (χ2v) is 10.7. The van der Waals surface area contributed by atoms with E-state index in [-0.39, 0.29) is 17.3 Å². The van der Waals surface area contributed by atoms with Crippen LogP contribution in [0.25, 0.3) is 22.4 Å². The van der Waals surface area contributed by atoms with Gasteiger partial charge in [-0.3, -0.25) is 4.68 Å². The number of nitrogens with two attached hydrogens (primary N) is 1. The molecule has 5 rings (SSSR count). The predicted molar refractivity (Wildman–Crippen MR) is 151 cm³/mol. The van der Waals surface area contributed by atoms with Crippen LogP contribution in [0.1, 0.15) is 16.8 Å². The lowest BCUT2D eigenvalue weighted by Crippen LogP contribution is -2.13. The molecule has 0 aliphatic rings. The van der Waals surface area contributed by atoms with E-state index >= 15 is 0 Å². The van der Waals surface area contributed by atoms with Gasteiger partial charge in [0, 0.05) is 11.1 Å². The van der Waals surface area contributed by atoms with Crippen LogP contribution >= 0.6 is 0 Å². The quantitative estimate of drug-likeness (QED) is 0.235. The van der Waals surface area contributed by atoms with Crippen molar-refractivity contribution < 1.29 is 22.3 Å². The molecule has 0 unspecified atom stereocenters. The smallest absolute Gasteiger partial charge is 0.238 e. The van der Waals surface area contributed by atoms with Crippen LogP contribution < -0.4 is 9.88 Å². The standard InChI is InChI=1S/C31H28FN3O4S/c1-38-28-17-16-24(18-26(28)32)30-27(21-39-20-23-12-6-3-7-13-23)35(19-22-10-4-2-5-11-22)34-31(30)25-14-8-9-15-29(25)40(33,36)37/h2-18H,19-21H2,1H3,(H2,33,36,37). The lowest BCUT2D eigenvalue weighted by atomic mass is 9.98. The maximum Gasteiger partial charge on any atom is 0.238 e. The molecule has 0 fully saturated rings. The highest BCUT2D eigenvalue weighted by molar-refractivity contribution is 7.89. The van der Waals surface area contributed by atoms with Gasteiger partial charge in [-0.2, -0.15) is 5.10 Å². The maximum atomic E-state index is 15.0. The predicted octanol–water partition coefficient (Wildman–Crippen LogP) is 5.78. The first kappa shape index (κ1) is 27.3. The summed E-state index contributed by atoms with van der Waals surface area (Å²) in [6.45, 7) is 0.861. The van der Waals surface area contributed by atoms with Crippen molar-refractivity contribution in [2.45, 2.75) is 24.7 Å². The summed E-state index contributed by atoms with van der Waals surface area (Å²) in [6, 6.07) is 30.5. The Bertz CT molecular complexity index is 1720. The van der Waals surface area contributed by atoms with E-state index in [1.54, 1.807) is 28.9 Å². The Morgan fingerprint density at radius 3 is 2.15 bits per heavy atom. The number of halogens is 1. The molecule has 0 aliphatic carbocycles. The number of methoxy groups -OCH3 is 1. The molecule has 204 valence electrons. The zero-order valence-electron chi connectivity index (χ0n) is 21.8. The topological polar surface area (TPSA) is 96.4 Å². The summed E-state index contributed by atoms with van der Waals surface area (Å²) in [5.74, 6) is -0.466. The highest BCUT2D eigenvalue weighted by Gasteiger charge is 2.26. The number of nitrogens with zero attached hydrogens (tertiary/aromatic N) is 2. The second-order valence-electron chi connectivity index (χ2n) is 9.18. The second kappa shape index (κ2) is 11.8. The van der Waals surface area contributed by atoms with Crippen LogP contribution in [0, 0.1) is 5.82 Å². The number of primary sulfonamides is 1. The van der Waals surface area contributed by atoms with Crippen molar-refractivity contribution in [2.75, 3.05) is 7.11 Å². The molecule has 5 aromatic rings.